The number of nitrogens with zero attached hydrogens (tertiary/aromatic N) is 3. The van der Waals surface area contributed by atoms with Crippen molar-refractivity contribution in [2.24, 2.45) is 0 Å². The minimum atomic E-state index is -4.43. The van der Waals surface area contributed by atoms with Gasteiger partial charge in [0.05, 0.1) is 17.4 Å². The molecule has 7 nitrogen and oxygen atoms in total. The van der Waals surface area contributed by atoms with Crippen LogP contribution in [-0.2, 0) is 6.18 Å². The van der Waals surface area contributed by atoms with E-state index in [1.807, 2.05) is 12.1 Å². The molecule has 11 heteroatoms. The molecule has 1 aliphatic rings. The van der Waals surface area contributed by atoms with Crippen molar-refractivity contribution in [2.45, 2.75) is 6.18 Å². The number of carbonyl (C=O) groups excluding carboxylic acids is 2. The molecule has 182 valence electrons. The number of piperazine rings is 1. The summed E-state index contributed by atoms with van der Waals surface area (Å²) in [5.41, 5.74) is 0.518. The highest BCUT2D eigenvalue weighted by Gasteiger charge is 2.30. The van der Waals surface area contributed by atoms with Gasteiger partial charge in [-0.05, 0) is 60.7 Å². The zero-order valence-corrected chi connectivity index (χ0v) is 19.9. The van der Waals surface area contributed by atoms with E-state index >= 15 is 0 Å². The second-order valence-corrected chi connectivity index (χ2v) is 8.76. The van der Waals surface area contributed by atoms with Crippen LogP contribution in [-0.4, -0.2) is 48.0 Å². The number of anilines is 3. The van der Waals surface area contributed by atoms with Crippen LogP contribution in [0.25, 0.3) is 0 Å². The van der Waals surface area contributed by atoms with Crippen molar-refractivity contribution in [1.82, 2.24) is 9.88 Å². The van der Waals surface area contributed by atoms with Gasteiger partial charge in [0.15, 0.2) is 0 Å². The van der Waals surface area contributed by atoms with E-state index in [1.54, 1.807) is 29.2 Å². The summed E-state index contributed by atoms with van der Waals surface area (Å²) in [4.78, 5) is 33.1. The number of carbonyl (C=O) groups is 2. The Labute approximate surface area is 208 Å². The second-order valence-electron chi connectivity index (χ2n) is 7.85. The number of hydrogen-bond donors (Lipinski definition) is 2. The topological polar surface area (TPSA) is 77.6 Å². The summed E-state index contributed by atoms with van der Waals surface area (Å²) in [6.45, 7) is 2.37. The van der Waals surface area contributed by atoms with Gasteiger partial charge in [-0.25, -0.2) is 9.78 Å². The molecule has 0 saturated carbocycles. The Balaban J connectivity index is 1.28. The highest BCUT2D eigenvalue weighted by Crippen LogP contribution is 2.29. The number of pyridine rings is 1. The largest absolute Gasteiger partial charge is 0.416 e. The number of aromatic nitrogens is 1. The minimum absolute atomic E-state index is 0.0104. The van der Waals surface area contributed by atoms with Crippen LogP contribution in [0.4, 0.5) is 35.2 Å². The predicted octanol–water partition coefficient (Wildman–Crippen LogP) is 5.47. The highest BCUT2D eigenvalue weighted by molar-refractivity contribution is 9.10. The summed E-state index contributed by atoms with van der Waals surface area (Å²) in [6.07, 6.45) is -2.93. The molecule has 0 aliphatic carbocycles. The summed E-state index contributed by atoms with van der Waals surface area (Å²) in [6, 6.07) is 14.3. The lowest BCUT2D eigenvalue weighted by molar-refractivity contribution is -0.137. The van der Waals surface area contributed by atoms with Crippen molar-refractivity contribution >= 4 is 45.1 Å². The molecular formula is C24H21BrF3N5O2. The van der Waals surface area contributed by atoms with Gasteiger partial charge in [-0.2, -0.15) is 13.2 Å². The zero-order valence-electron chi connectivity index (χ0n) is 18.3. The van der Waals surface area contributed by atoms with E-state index in [-0.39, 0.29) is 11.6 Å². The van der Waals surface area contributed by atoms with Crippen molar-refractivity contribution in [1.29, 1.82) is 0 Å². The van der Waals surface area contributed by atoms with E-state index in [1.165, 1.54) is 18.3 Å². The normalized spacial score (nSPS) is 13.9. The fourth-order valence-electron chi connectivity index (χ4n) is 3.60. The summed E-state index contributed by atoms with van der Waals surface area (Å²) in [5, 5.41) is 5.08. The number of halogens is 4. The maximum absolute atomic E-state index is 12.7. The van der Waals surface area contributed by atoms with Gasteiger partial charge in [0.2, 0.25) is 0 Å². The zero-order chi connectivity index (χ0) is 25.0. The smallest absolute Gasteiger partial charge is 0.353 e. The van der Waals surface area contributed by atoms with Crippen LogP contribution < -0.4 is 15.5 Å². The first-order chi connectivity index (χ1) is 16.7. The number of benzene rings is 2. The van der Waals surface area contributed by atoms with Crippen LogP contribution in [0.15, 0.2) is 71.3 Å². The molecule has 2 aromatic carbocycles. The predicted molar refractivity (Wildman–Crippen MR) is 131 cm³/mol. The Hall–Kier alpha value is -3.60. The highest BCUT2D eigenvalue weighted by atomic mass is 79.9. The maximum atomic E-state index is 12.7. The van der Waals surface area contributed by atoms with Gasteiger partial charge in [0.1, 0.15) is 5.82 Å². The molecule has 2 heterocycles. The number of hydrogen-bond acceptors (Lipinski definition) is 4. The number of amides is 3. The van der Waals surface area contributed by atoms with Crippen LogP contribution >= 0.6 is 15.9 Å². The lowest BCUT2D eigenvalue weighted by Crippen LogP contribution is -2.49. The Morgan fingerprint density at radius 3 is 2.00 bits per heavy atom. The van der Waals surface area contributed by atoms with Gasteiger partial charge in [-0.1, -0.05) is 15.9 Å². The quantitative estimate of drug-likeness (QED) is 0.454. The lowest BCUT2D eigenvalue weighted by atomic mass is 10.2. The average Bonchev–Trinajstić information content (AvgIpc) is 2.84. The molecule has 0 atom stereocenters. The van der Waals surface area contributed by atoms with Crippen LogP contribution in [0.1, 0.15) is 15.9 Å². The van der Waals surface area contributed by atoms with Gasteiger partial charge in [-0.3, -0.25) is 4.79 Å². The third-order valence-electron chi connectivity index (χ3n) is 5.46. The van der Waals surface area contributed by atoms with Crippen LogP contribution in [0.2, 0.25) is 0 Å². The first kappa shape index (κ1) is 24.5. The third-order valence-corrected chi connectivity index (χ3v) is 5.99. The SMILES string of the molecule is O=C(Nc1ccc(C(F)(F)F)cc1)Nc1ccc(N2CCN(C(=O)c3ccc(Br)cc3)CC2)nc1. The lowest BCUT2D eigenvalue weighted by Gasteiger charge is -2.35. The molecule has 2 N–H and O–H groups in total. The molecule has 0 spiro atoms. The molecule has 0 bridgehead atoms. The standard InChI is InChI=1S/C24H21BrF3N5O2/c25-18-5-1-16(2-6-18)22(34)33-13-11-32(12-14-33)21-10-9-20(15-29-21)31-23(35)30-19-7-3-17(4-8-19)24(26,27)28/h1-10,15H,11-14H2,(H2,30,31,35). The molecule has 0 unspecified atom stereocenters. The molecule has 3 aromatic rings. The maximum Gasteiger partial charge on any atom is 0.416 e. The Morgan fingerprint density at radius 1 is 0.829 bits per heavy atom. The fourth-order valence-corrected chi connectivity index (χ4v) is 3.86. The van der Waals surface area contributed by atoms with E-state index in [2.05, 4.69) is 36.4 Å². The van der Waals surface area contributed by atoms with E-state index in [0.717, 1.165) is 22.4 Å². The molecule has 1 fully saturated rings. The number of nitrogens with one attached hydrogen (secondary N) is 2. The number of alkyl halides is 3. The molecular weight excluding hydrogens is 527 g/mol. The van der Waals surface area contributed by atoms with Gasteiger partial charge < -0.3 is 20.4 Å². The minimum Gasteiger partial charge on any atom is -0.353 e. The van der Waals surface area contributed by atoms with E-state index in [0.29, 0.717) is 37.4 Å². The van der Waals surface area contributed by atoms with Crippen molar-refractivity contribution in [3.63, 3.8) is 0 Å². The monoisotopic (exact) mass is 547 g/mol. The summed E-state index contributed by atoms with van der Waals surface area (Å²) in [5.74, 6) is 0.707. The first-order valence-corrected chi connectivity index (χ1v) is 11.5. The van der Waals surface area contributed by atoms with Crippen molar-refractivity contribution in [2.75, 3.05) is 41.7 Å². The fraction of sp³-hybridized carbons (Fsp3) is 0.208. The van der Waals surface area contributed by atoms with Gasteiger partial charge in [0, 0.05) is 41.9 Å². The van der Waals surface area contributed by atoms with Gasteiger partial charge >= 0.3 is 12.2 Å². The molecule has 3 amide bonds. The molecule has 1 saturated heterocycles. The van der Waals surface area contributed by atoms with E-state index < -0.39 is 17.8 Å². The Kier molecular flexibility index (Phi) is 7.25. The van der Waals surface area contributed by atoms with Gasteiger partial charge in [-0.15, -0.1) is 0 Å². The Morgan fingerprint density at radius 2 is 1.43 bits per heavy atom. The van der Waals surface area contributed by atoms with Crippen LogP contribution in [0, 0.1) is 0 Å². The molecule has 35 heavy (non-hydrogen) atoms. The first-order valence-electron chi connectivity index (χ1n) is 10.7. The van der Waals surface area contributed by atoms with Crippen molar-refractivity contribution in [3.8, 4) is 0 Å². The average molecular weight is 548 g/mol. The summed E-state index contributed by atoms with van der Waals surface area (Å²) < 4.78 is 38.9. The van der Waals surface area contributed by atoms with Crippen molar-refractivity contribution in [3.05, 3.63) is 82.5 Å². The Bertz CT molecular complexity index is 1180. The van der Waals surface area contributed by atoms with Crippen molar-refractivity contribution < 1.29 is 22.8 Å². The van der Waals surface area contributed by atoms with Gasteiger partial charge in [0.25, 0.3) is 5.91 Å². The summed E-state index contributed by atoms with van der Waals surface area (Å²) in [7, 11) is 0. The van der Waals surface area contributed by atoms with E-state index in [9.17, 15) is 22.8 Å². The summed E-state index contributed by atoms with van der Waals surface area (Å²) >= 11 is 3.37. The molecule has 0 radical (unpaired) electrons. The third kappa shape index (κ3) is 6.30. The molecule has 4 rings (SSSR count). The molecule has 1 aromatic heterocycles. The van der Waals surface area contributed by atoms with Crippen LogP contribution in [0.3, 0.4) is 0 Å². The molecule has 1 aliphatic heterocycles. The van der Waals surface area contributed by atoms with E-state index in [4.69, 9.17) is 0 Å². The second kappa shape index (κ2) is 10.3. The van der Waals surface area contributed by atoms with Crippen LogP contribution in [0.5, 0.6) is 0 Å². The number of urea groups is 1. The number of rotatable bonds is 4.